The van der Waals surface area contributed by atoms with Crippen molar-refractivity contribution in [2.45, 2.75) is 58.4 Å². The summed E-state index contributed by atoms with van der Waals surface area (Å²) in [6.45, 7) is 7.75. The fraction of sp³-hybridized carbons (Fsp3) is 1.00. The highest BCUT2D eigenvalue weighted by molar-refractivity contribution is 4.98. The molecule has 1 aliphatic carbocycles. The molecule has 2 nitrogen and oxygen atoms in total. The van der Waals surface area contributed by atoms with Crippen molar-refractivity contribution in [3.8, 4) is 0 Å². The van der Waals surface area contributed by atoms with Gasteiger partial charge in [0, 0.05) is 19.3 Å². The first-order valence-electron chi connectivity index (χ1n) is 6.18. The number of nitrogens with two attached hydrogens (primary N) is 1. The van der Waals surface area contributed by atoms with Gasteiger partial charge in [0.1, 0.15) is 0 Å². The van der Waals surface area contributed by atoms with Gasteiger partial charge in [-0.25, -0.2) is 0 Å². The maximum Gasteiger partial charge on any atom is 0.0479 e. The highest BCUT2D eigenvalue weighted by Crippen LogP contribution is 2.44. The van der Waals surface area contributed by atoms with Gasteiger partial charge >= 0.3 is 0 Å². The van der Waals surface area contributed by atoms with E-state index in [-0.39, 0.29) is 5.54 Å². The van der Waals surface area contributed by atoms with E-state index in [1.807, 2.05) is 0 Å². The zero-order chi connectivity index (χ0) is 11.5. The van der Waals surface area contributed by atoms with Crippen LogP contribution in [0, 0.1) is 11.3 Å². The van der Waals surface area contributed by atoms with E-state index in [1.54, 1.807) is 7.11 Å². The lowest BCUT2D eigenvalue weighted by atomic mass is 9.61. The van der Waals surface area contributed by atoms with Gasteiger partial charge in [-0.15, -0.1) is 0 Å². The molecule has 0 aromatic heterocycles. The zero-order valence-electron chi connectivity index (χ0n) is 10.8. The van der Waals surface area contributed by atoms with Crippen molar-refractivity contribution in [1.29, 1.82) is 0 Å². The highest BCUT2D eigenvalue weighted by Gasteiger charge is 2.42. The molecule has 1 rings (SSSR count). The molecule has 2 heteroatoms. The van der Waals surface area contributed by atoms with Crippen LogP contribution in [0.3, 0.4) is 0 Å². The Morgan fingerprint density at radius 3 is 2.53 bits per heavy atom. The van der Waals surface area contributed by atoms with Crippen LogP contribution in [-0.4, -0.2) is 19.3 Å². The van der Waals surface area contributed by atoms with Crippen LogP contribution in [0.1, 0.15) is 52.9 Å². The molecular formula is C13H27NO. The molecule has 0 aliphatic heterocycles. The van der Waals surface area contributed by atoms with Crippen molar-refractivity contribution in [1.82, 2.24) is 0 Å². The van der Waals surface area contributed by atoms with E-state index in [0.717, 1.165) is 19.4 Å². The second kappa shape index (κ2) is 4.84. The van der Waals surface area contributed by atoms with Crippen molar-refractivity contribution < 1.29 is 4.74 Å². The second-order valence-electron chi connectivity index (χ2n) is 6.14. The molecular weight excluding hydrogens is 186 g/mol. The van der Waals surface area contributed by atoms with E-state index in [0.29, 0.717) is 11.3 Å². The average molecular weight is 213 g/mol. The van der Waals surface area contributed by atoms with Gasteiger partial charge in [0.25, 0.3) is 0 Å². The molecule has 0 bridgehead atoms. The fourth-order valence-electron chi connectivity index (χ4n) is 3.15. The largest absolute Gasteiger partial charge is 0.385 e. The summed E-state index contributed by atoms with van der Waals surface area (Å²) in [5.74, 6) is 0.633. The van der Waals surface area contributed by atoms with Crippen molar-refractivity contribution >= 4 is 0 Å². The van der Waals surface area contributed by atoms with E-state index in [9.17, 15) is 0 Å². The Labute approximate surface area is 94.6 Å². The molecule has 1 fully saturated rings. The first-order chi connectivity index (χ1) is 6.90. The minimum Gasteiger partial charge on any atom is -0.385 e. The summed E-state index contributed by atoms with van der Waals surface area (Å²) in [7, 11) is 1.76. The summed E-state index contributed by atoms with van der Waals surface area (Å²) >= 11 is 0. The van der Waals surface area contributed by atoms with Crippen molar-refractivity contribution in [2.75, 3.05) is 13.7 Å². The lowest BCUT2D eigenvalue weighted by Crippen LogP contribution is -2.54. The van der Waals surface area contributed by atoms with Crippen LogP contribution < -0.4 is 5.73 Å². The average Bonchev–Trinajstić information content (AvgIpc) is 2.14. The number of rotatable bonds is 3. The van der Waals surface area contributed by atoms with Crippen molar-refractivity contribution in [3.63, 3.8) is 0 Å². The Balaban J connectivity index is 2.72. The van der Waals surface area contributed by atoms with Crippen LogP contribution in [0.2, 0.25) is 0 Å². The Morgan fingerprint density at radius 2 is 2.00 bits per heavy atom. The Kier molecular flexibility index (Phi) is 4.19. The molecule has 2 atom stereocenters. The minimum atomic E-state index is 0.00646. The molecule has 90 valence electrons. The molecule has 0 aromatic carbocycles. The number of hydrogen-bond acceptors (Lipinski definition) is 2. The van der Waals surface area contributed by atoms with E-state index >= 15 is 0 Å². The third-order valence-corrected chi connectivity index (χ3v) is 3.90. The Bertz CT molecular complexity index is 197. The van der Waals surface area contributed by atoms with Gasteiger partial charge < -0.3 is 10.5 Å². The molecule has 0 saturated heterocycles. The summed E-state index contributed by atoms with van der Waals surface area (Å²) in [5, 5.41) is 0. The summed E-state index contributed by atoms with van der Waals surface area (Å²) < 4.78 is 5.19. The molecule has 1 aliphatic rings. The highest BCUT2D eigenvalue weighted by atomic mass is 16.5. The molecule has 1 saturated carbocycles. The topological polar surface area (TPSA) is 35.2 Å². The Hall–Kier alpha value is -0.0800. The summed E-state index contributed by atoms with van der Waals surface area (Å²) in [4.78, 5) is 0. The maximum absolute atomic E-state index is 6.60. The van der Waals surface area contributed by atoms with Crippen LogP contribution in [-0.2, 0) is 4.74 Å². The third-order valence-electron chi connectivity index (χ3n) is 3.90. The molecule has 0 spiro atoms. The van der Waals surface area contributed by atoms with Gasteiger partial charge in [0.05, 0.1) is 0 Å². The molecule has 0 amide bonds. The molecule has 15 heavy (non-hydrogen) atoms. The maximum atomic E-state index is 6.60. The summed E-state index contributed by atoms with van der Waals surface area (Å²) in [5.41, 5.74) is 6.92. The van der Waals surface area contributed by atoms with E-state index < -0.39 is 0 Å². The Morgan fingerprint density at radius 1 is 1.33 bits per heavy atom. The predicted octanol–water partition coefficient (Wildman–Crippen LogP) is 2.96. The smallest absolute Gasteiger partial charge is 0.0479 e. The minimum absolute atomic E-state index is 0.00646. The van der Waals surface area contributed by atoms with Crippen LogP contribution >= 0.6 is 0 Å². The number of methoxy groups -OCH3 is 1. The van der Waals surface area contributed by atoms with E-state index in [1.165, 1.54) is 19.3 Å². The fourth-order valence-corrected chi connectivity index (χ4v) is 3.15. The van der Waals surface area contributed by atoms with Gasteiger partial charge in [-0.1, -0.05) is 33.6 Å². The van der Waals surface area contributed by atoms with Gasteiger partial charge in [0.2, 0.25) is 0 Å². The molecule has 2 N–H and O–H groups in total. The number of ether oxygens (including phenoxy) is 1. The van der Waals surface area contributed by atoms with Gasteiger partial charge in [-0.05, 0) is 30.6 Å². The first kappa shape index (κ1) is 13.0. The third kappa shape index (κ3) is 3.18. The van der Waals surface area contributed by atoms with Crippen LogP contribution in [0.5, 0.6) is 0 Å². The van der Waals surface area contributed by atoms with Crippen LogP contribution in [0.15, 0.2) is 0 Å². The molecule has 2 unspecified atom stereocenters. The first-order valence-corrected chi connectivity index (χ1v) is 6.18. The standard InChI is InChI=1S/C13H27NO/c1-12(2,3)11-7-5-6-8-13(11,14)9-10-15-4/h11H,5-10,14H2,1-4H3. The van der Waals surface area contributed by atoms with Gasteiger partial charge in [0.15, 0.2) is 0 Å². The van der Waals surface area contributed by atoms with Crippen LogP contribution in [0.4, 0.5) is 0 Å². The molecule has 0 radical (unpaired) electrons. The lowest BCUT2D eigenvalue weighted by Gasteiger charge is -2.48. The van der Waals surface area contributed by atoms with Gasteiger partial charge in [-0.2, -0.15) is 0 Å². The summed E-state index contributed by atoms with van der Waals surface area (Å²) in [6, 6.07) is 0. The van der Waals surface area contributed by atoms with Crippen molar-refractivity contribution in [3.05, 3.63) is 0 Å². The second-order valence-corrected chi connectivity index (χ2v) is 6.14. The molecule has 0 heterocycles. The zero-order valence-corrected chi connectivity index (χ0v) is 10.8. The van der Waals surface area contributed by atoms with Crippen LogP contribution in [0.25, 0.3) is 0 Å². The van der Waals surface area contributed by atoms with E-state index in [4.69, 9.17) is 10.5 Å². The van der Waals surface area contributed by atoms with Gasteiger partial charge in [-0.3, -0.25) is 0 Å². The normalized spacial score (nSPS) is 33.0. The molecule has 0 aromatic rings. The number of hydrogen-bond donors (Lipinski definition) is 1. The monoisotopic (exact) mass is 213 g/mol. The SMILES string of the molecule is COCCC1(N)CCCCC1C(C)(C)C. The lowest BCUT2D eigenvalue weighted by molar-refractivity contribution is 0.0511. The quantitative estimate of drug-likeness (QED) is 0.782. The van der Waals surface area contributed by atoms with Crippen molar-refractivity contribution in [2.24, 2.45) is 17.1 Å². The predicted molar refractivity (Wildman–Crippen MR) is 64.8 cm³/mol. The summed E-state index contributed by atoms with van der Waals surface area (Å²) in [6.07, 6.45) is 6.08. The van der Waals surface area contributed by atoms with E-state index in [2.05, 4.69) is 20.8 Å².